The van der Waals surface area contributed by atoms with Crippen LogP contribution in [0, 0.1) is 18.3 Å². The maximum atomic E-state index is 9.30. The molecule has 1 fully saturated rings. The van der Waals surface area contributed by atoms with Gasteiger partial charge in [-0.2, -0.15) is 5.26 Å². The van der Waals surface area contributed by atoms with Crippen molar-refractivity contribution < 1.29 is 0 Å². The van der Waals surface area contributed by atoms with Gasteiger partial charge < -0.3 is 9.88 Å². The van der Waals surface area contributed by atoms with Crippen molar-refractivity contribution in [1.82, 2.24) is 20.2 Å². The number of rotatable bonds is 2. The quantitative estimate of drug-likeness (QED) is 0.735. The number of nitrogens with one attached hydrogen (secondary N) is 3. The first-order valence-electron chi connectivity index (χ1n) is 6.28. The molecule has 3 N–H and O–H groups in total. The molecule has 0 spiro atoms. The highest BCUT2D eigenvalue weighted by Crippen LogP contribution is 2.27. The summed E-state index contributed by atoms with van der Waals surface area (Å²) in [5.74, 6) is 0. The number of nitrogens with zero attached hydrogens (tertiary/aromatic N) is 3. The lowest BCUT2D eigenvalue weighted by Crippen LogP contribution is -2.39. The van der Waals surface area contributed by atoms with Crippen LogP contribution in [0.4, 0.5) is 5.69 Å². The van der Waals surface area contributed by atoms with Gasteiger partial charge in [-0.25, -0.2) is 4.98 Å². The summed E-state index contributed by atoms with van der Waals surface area (Å²) < 4.78 is 1.89. The molecule has 2 heterocycles. The number of nitriles is 1. The van der Waals surface area contributed by atoms with Crippen LogP contribution < -0.4 is 16.0 Å². The molecule has 1 aliphatic rings. The maximum Gasteiger partial charge on any atom is 0.132 e. The summed E-state index contributed by atoms with van der Waals surface area (Å²) in [6.45, 7) is 3.90. The molecule has 0 unspecified atom stereocenters. The average molecular weight is 256 g/mol. The Hall–Kier alpha value is -2.10. The minimum absolute atomic E-state index is 0.0476. The lowest BCUT2D eigenvalue weighted by Gasteiger charge is -2.17. The summed E-state index contributed by atoms with van der Waals surface area (Å²) in [6, 6.07) is 4.14. The van der Waals surface area contributed by atoms with Crippen molar-refractivity contribution >= 4 is 16.7 Å². The van der Waals surface area contributed by atoms with Gasteiger partial charge in [0, 0.05) is 31.4 Å². The smallest absolute Gasteiger partial charge is 0.132 e. The highest BCUT2D eigenvalue weighted by Gasteiger charge is 2.17. The zero-order valence-corrected chi connectivity index (χ0v) is 11.0. The van der Waals surface area contributed by atoms with Crippen molar-refractivity contribution in [3.63, 3.8) is 0 Å². The molecule has 0 atom stereocenters. The van der Waals surface area contributed by atoms with E-state index in [1.165, 1.54) is 0 Å². The summed E-state index contributed by atoms with van der Waals surface area (Å²) in [4.78, 5) is 4.39. The molecule has 0 aliphatic carbocycles. The molecule has 19 heavy (non-hydrogen) atoms. The summed E-state index contributed by atoms with van der Waals surface area (Å²) in [5, 5.41) is 19.3. The SMILES string of the molecule is Cc1c(NC2NCCN2)cc(C#N)c2c1ncn2C. The average Bonchev–Trinajstić information content (AvgIpc) is 3.03. The first kappa shape index (κ1) is 12.0. The highest BCUT2D eigenvalue weighted by molar-refractivity contribution is 5.89. The predicted molar refractivity (Wildman–Crippen MR) is 73.6 cm³/mol. The Morgan fingerprint density at radius 1 is 1.47 bits per heavy atom. The minimum Gasteiger partial charge on any atom is -0.357 e. The van der Waals surface area contributed by atoms with Crippen LogP contribution in [0.15, 0.2) is 12.4 Å². The zero-order chi connectivity index (χ0) is 13.4. The second-order valence-electron chi connectivity index (χ2n) is 4.75. The second kappa shape index (κ2) is 4.53. The first-order valence-corrected chi connectivity index (χ1v) is 6.28. The van der Waals surface area contributed by atoms with Gasteiger partial charge in [0.15, 0.2) is 0 Å². The molecular formula is C13H16N6. The van der Waals surface area contributed by atoms with Gasteiger partial charge in [-0.05, 0) is 13.0 Å². The van der Waals surface area contributed by atoms with Gasteiger partial charge in [0.05, 0.1) is 22.9 Å². The summed E-state index contributed by atoms with van der Waals surface area (Å²) >= 11 is 0. The third-order valence-corrected chi connectivity index (χ3v) is 3.48. The van der Waals surface area contributed by atoms with E-state index in [0.29, 0.717) is 5.56 Å². The molecule has 1 aromatic heterocycles. The van der Waals surface area contributed by atoms with Crippen LogP contribution in [0.25, 0.3) is 11.0 Å². The Kier molecular flexibility index (Phi) is 2.85. The number of anilines is 1. The van der Waals surface area contributed by atoms with Crippen LogP contribution in [-0.2, 0) is 7.05 Å². The number of aromatic nitrogens is 2. The van der Waals surface area contributed by atoms with Crippen LogP contribution in [0.2, 0.25) is 0 Å². The number of aryl methyl sites for hydroxylation is 2. The van der Waals surface area contributed by atoms with Crippen molar-refractivity contribution in [2.24, 2.45) is 7.05 Å². The molecule has 0 radical (unpaired) electrons. The Morgan fingerprint density at radius 3 is 2.89 bits per heavy atom. The summed E-state index contributed by atoms with van der Waals surface area (Å²) in [5.41, 5.74) is 4.40. The Labute approximate surface area is 111 Å². The molecule has 2 aromatic rings. The summed E-state index contributed by atoms with van der Waals surface area (Å²) in [6.07, 6.45) is 1.79. The van der Waals surface area contributed by atoms with Gasteiger partial charge >= 0.3 is 0 Å². The third kappa shape index (κ3) is 1.93. The van der Waals surface area contributed by atoms with Gasteiger partial charge in [0.25, 0.3) is 0 Å². The van der Waals surface area contributed by atoms with E-state index in [1.54, 1.807) is 6.33 Å². The van der Waals surface area contributed by atoms with Crippen LogP contribution in [-0.4, -0.2) is 28.9 Å². The van der Waals surface area contributed by atoms with Crippen LogP contribution >= 0.6 is 0 Å². The fourth-order valence-corrected chi connectivity index (χ4v) is 2.47. The number of hydrogen-bond donors (Lipinski definition) is 3. The standard InChI is InChI=1S/C13H16N6/c1-8-10(18-13-15-3-4-16-13)5-9(6-14)12-11(8)17-7-19(12)2/h5,7,13,15-16,18H,3-4H2,1-2H3. The van der Waals surface area contributed by atoms with Crippen LogP contribution in [0.1, 0.15) is 11.1 Å². The molecule has 3 rings (SSSR count). The van der Waals surface area contributed by atoms with Gasteiger partial charge in [-0.15, -0.1) is 0 Å². The molecule has 98 valence electrons. The van der Waals surface area contributed by atoms with Crippen molar-refractivity contribution in [3.8, 4) is 6.07 Å². The van der Waals surface area contributed by atoms with E-state index in [0.717, 1.165) is 35.4 Å². The van der Waals surface area contributed by atoms with Gasteiger partial charge in [0.2, 0.25) is 0 Å². The molecule has 1 aromatic carbocycles. The van der Waals surface area contributed by atoms with E-state index >= 15 is 0 Å². The largest absolute Gasteiger partial charge is 0.357 e. The molecule has 6 heteroatoms. The molecule has 1 saturated heterocycles. The van der Waals surface area contributed by atoms with Crippen molar-refractivity contribution in [2.45, 2.75) is 13.2 Å². The lowest BCUT2D eigenvalue weighted by molar-refractivity contribution is 0.620. The maximum absolute atomic E-state index is 9.30. The van der Waals surface area contributed by atoms with Crippen molar-refractivity contribution in [2.75, 3.05) is 18.4 Å². The van der Waals surface area contributed by atoms with Crippen molar-refractivity contribution in [1.29, 1.82) is 5.26 Å². The van der Waals surface area contributed by atoms with E-state index in [9.17, 15) is 5.26 Å². The number of benzene rings is 1. The van der Waals surface area contributed by atoms with E-state index in [1.807, 2.05) is 24.6 Å². The first-order chi connectivity index (χ1) is 9.20. The third-order valence-electron chi connectivity index (χ3n) is 3.48. The molecular weight excluding hydrogens is 240 g/mol. The Morgan fingerprint density at radius 2 is 2.21 bits per heavy atom. The molecule has 0 amide bonds. The monoisotopic (exact) mass is 256 g/mol. The molecule has 6 nitrogen and oxygen atoms in total. The molecule has 0 saturated carbocycles. The van der Waals surface area contributed by atoms with E-state index in [4.69, 9.17) is 0 Å². The minimum atomic E-state index is 0.0476. The second-order valence-corrected chi connectivity index (χ2v) is 4.75. The topological polar surface area (TPSA) is 77.7 Å². The number of fused-ring (bicyclic) bond motifs is 1. The predicted octanol–water partition coefficient (Wildman–Crippen LogP) is 0.642. The lowest BCUT2D eigenvalue weighted by atomic mass is 10.1. The Bertz CT molecular complexity index is 660. The van der Waals surface area contributed by atoms with Crippen LogP contribution in [0.5, 0.6) is 0 Å². The molecule has 0 bridgehead atoms. The number of imidazole rings is 1. The van der Waals surface area contributed by atoms with E-state index in [-0.39, 0.29) is 6.29 Å². The number of hydrogen-bond acceptors (Lipinski definition) is 5. The zero-order valence-electron chi connectivity index (χ0n) is 11.0. The van der Waals surface area contributed by atoms with Crippen molar-refractivity contribution in [3.05, 3.63) is 23.5 Å². The molecule has 1 aliphatic heterocycles. The normalized spacial score (nSPS) is 15.8. The summed E-state index contributed by atoms with van der Waals surface area (Å²) in [7, 11) is 1.91. The fraction of sp³-hybridized carbons (Fsp3) is 0.385. The van der Waals surface area contributed by atoms with Gasteiger partial charge in [-0.3, -0.25) is 10.6 Å². The van der Waals surface area contributed by atoms with Crippen LogP contribution in [0.3, 0.4) is 0 Å². The fourth-order valence-electron chi connectivity index (χ4n) is 2.47. The van der Waals surface area contributed by atoms with E-state index in [2.05, 4.69) is 27.0 Å². The van der Waals surface area contributed by atoms with Gasteiger partial charge in [0.1, 0.15) is 12.4 Å². The van der Waals surface area contributed by atoms with E-state index < -0.39 is 0 Å². The Balaban J connectivity index is 2.09. The highest BCUT2D eigenvalue weighted by atomic mass is 15.3. The van der Waals surface area contributed by atoms with Gasteiger partial charge in [-0.1, -0.05) is 0 Å².